The van der Waals surface area contributed by atoms with Gasteiger partial charge >= 0.3 is 0 Å². The lowest BCUT2D eigenvalue weighted by molar-refractivity contribution is 0.167. The van der Waals surface area contributed by atoms with Crippen molar-refractivity contribution in [3.8, 4) is 11.5 Å². The fourth-order valence-electron chi connectivity index (χ4n) is 2.02. The molecule has 0 unspecified atom stereocenters. The Hall–Kier alpha value is -2.04. The van der Waals surface area contributed by atoms with Crippen molar-refractivity contribution in [3.63, 3.8) is 0 Å². The molecule has 0 saturated heterocycles. The number of ether oxygens (including phenoxy) is 2. The molecule has 0 aliphatic carbocycles. The van der Waals surface area contributed by atoms with Crippen LogP contribution in [0.25, 0.3) is 0 Å². The lowest BCUT2D eigenvalue weighted by Crippen LogP contribution is -2.20. The molecule has 5 nitrogen and oxygen atoms in total. The zero-order valence-electron chi connectivity index (χ0n) is 14.9. The van der Waals surface area contributed by atoms with Crippen LogP contribution in [0.1, 0.15) is 52.7 Å². The lowest BCUT2D eigenvalue weighted by Gasteiger charge is -2.23. The Morgan fingerprint density at radius 3 is 1.78 bits per heavy atom. The average molecular weight is 317 g/mol. The largest absolute Gasteiger partial charge is 0.489 e. The van der Waals surface area contributed by atoms with Crippen LogP contribution in [0.3, 0.4) is 0 Å². The van der Waals surface area contributed by atoms with Crippen LogP contribution in [0, 0.1) is 16.2 Å². The Morgan fingerprint density at radius 1 is 0.913 bits per heavy atom. The van der Waals surface area contributed by atoms with E-state index in [1.54, 1.807) is 0 Å². The number of rotatable bonds is 4. The molecule has 2 rings (SSSR count). The number of nitrogens with zero attached hydrogens (tertiary/aromatic N) is 1. The van der Waals surface area contributed by atoms with Crippen molar-refractivity contribution < 1.29 is 9.47 Å². The Labute approximate surface area is 138 Å². The average Bonchev–Trinajstić information content (AvgIpc) is 2.66. The summed E-state index contributed by atoms with van der Waals surface area (Å²) in [4.78, 5) is 4.02. The Balaban J connectivity index is 2.34. The van der Waals surface area contributed by atoms with Crippen molar-refractivity contribution in [2.24, 2.45) is 21.6 Å². The van der Waals surface area contributed by atoms with Gasteiger partial charge in [-0.1, -0.05) is 41.5 Å². The van der Waals surface area contributed by atoms with Crippen LogP contribution in [0.4, 0.5) is 0 Å². The van der Waals surface area contributed by atoms with E-state index in [0.717, 1.165) is 5.56 Å². The molecule has 1 heterocycles. The Bertz CT molecular complexity index is 649. The topological polar surface area (TPSA) is 80.7 Å². The summed E-state index contributed by atoms with van der Waals surface area (Å²) in [6.07, 6.45) is 0. The molecule has 1 aromatic rings. The molecule has 0 bridgehead atoms. The van der Waals surface area contributed by atoms with Crippen LogP contribution < -0.4 is 15.2 Å². The quantitative estimate of drug-likeness (QED) is 0.890. The van der Waals surface area contributed by atoms with Gasteiger partial charge in [0.15, 0.2) is 17.3 Å². The van der Waals surface area contributed by atoms with Crippen molar-refractivity contribution in [2.45, 2.75) is 41.5 Å². The molecule has 1 aromatic carbocycles. The van der Waals surface area contributed by atoms with Crippen molar-refractivity contribution in [3.05, 3.63) is 23.3 Å². The first-order chi connectivity index (χ1) is 10.5. The molecule has 23 heavy (non-hydrogen) atoms. The van der Waals surface area contributed by atoms with Gasteiger partial charge in [0.1, 0.15) is 5.84 Å². The highest BCUT2D eigenvalue weighted by Gasteiger charge is 2.24. The van der Waals surface area contributed by atoms with Crippen molar-refractivity contribution in [1.29, 1.82) is 5.41 Å². The molecule has 0 spiro atoms. The summed E-state index contributed by atoms with van der Waals surface area (Å²) >= 11 is 0. The van der Waals surface area contributed by atoms with Crippen LogP contribution in [0.5, 0.6) is 11.5 Å². The second-order valence-corrected chi connectivity index (χ2v) is 8.39. The summed E-state index contributed by atoms with van der Waals surface area (Å²) in [5.74, 6) is 1.81. The second-order valence-electron chi connectivity index (χ2n) is 8.39. The van der Waals surface area contributed by atoms with Gasteiger partial charge in [-0.05, 0) is 23.0 Å². The fraction of sp³-hybridized carbons (Fsp3) is 0.556. The minimum Gasteiger partial charge on any atom is -0.489 e. The van der Waals surface area contributed by atoms with E-state index in [2.05, 4.69) is 46.5 Å². The van der Waals surface area contributed by atoms with E-state index >= 15 is 0 Å². The van der Waals surface area contributed by atoms with E-state index < -0.39 is 0 Å². The summed E-state index contributed by atoms with van der Waals surface area (Å²) < 4.78 is 11.9. The standard InChI is InChI=1S/C18H27N3O2/c1-17(2,3)9-22-13-7-11-12(16(20)21-15(11)19)8-14(13)23-10-18(4,5)6/h7-8H,9-10H2,1-6H3,(H3,19,20,21). The Kier molecular flexibility index (Phi) is 4.42. The van der Waals surface area contributed by atoms with Gasteiger partial charge in [0.25, 0.3) is 0 Å². The molecule has 5 heteroatoms. The molecule has 3 N–H and O–H groups in total. The zero-order valence-corrected chi connectivity index (χ0v) is 14.9. The number of aliphatic imine (C=N–C) groups is 1. The monoisotopic (exact) mass is 317 g/mol. The van der Waals surface area contributed by atoms with Crippen LogP contribution in [0.2, 0.25) is 0 Å². The number of nitrogens with two attached hydrogens (primary N) is 1. The Morgan fingerprint density at radius 2 is 1.35 bits per heavy atom. The summed E-state index contributed by atoms with van der Waals surface area (Å²) in [5, 5.41) is 7.92. The van der Waals surface area contributed by atoms with E-state index in [9.17, 15) is 0 Å². The predicted octanol–water partition coefficient (Wildman–Crippen LogP) is 3.58. The molecule has 0 fully saturated rings. The molecule has 0 radical (unpaired) electrons. The van der Waals surface area contributed by atoms with E-state index in [4.69, 9.17) is 20.6 Å². The molecular weight excluding hydrogens is 290 g/mol. The highest BCUT2D eigenvalue weighted by Crippen LogP contribution is 2.35. The lowest BCUT2D eigenvalue weighted by atomic mass is 9.98. The van der Waals surface area contributed by atoms with Crippen molar-refractivity contribution in [2.75, 3.05) is 13.2 Å². The van der Waals surface area contributed by atoms with E-state index in [1.165, 1.54) is 0 Å². The molecule has 1 aliphatic heterocycles. The van der Waals surface area contributed by atoms with Crippen molar-refractivity contribution >= 4 is 11.7 Å². The number of hydrogen-bond acceptors (Lipinski definition) is 4. The number of amidine groups is 2. The molecule has 0 saturated carbocycles. The summed E-state index contributed by atoms with van der Waals surface area (Å²) in [5.41, 5.74) is 7.39. The van der Waals surface area contributed by atoms with Gasteiger partial charge in [-0.25, -0.2) is 4.99 Å². The second kappa shape index (κ2) is 5.87. The van der Waals surface area contributed by atoms with Gasteiger partial charge in [0.2, 0.25) is 0 Å². The van der Waals surface area contributed by atoms with E-state index in [1.807, 2.05) is 12.1 Å². The summed E-state index contributed by atoms with van der Waals surface area (Å²) in [7, 11) is 0. The highest BCUT2D eigenvalue weighted by atomic mass is 16.5. The number of benzene rings is 1. The highest BCUT2D eigenvalue weighted by molar-refractivity contribution is 6.21. The predicted molar refractivity (Wildman–Crippen MR) is 93.9 cm³/mol. The summed E-state index contributed by atoms with van der Waals surface area (Å²) in [6.45, 7) is 13.8. The molecule has 126 valence electrons. The third kappa shape index (κ3) is 4.47. The maximum Gasteiger partial charge on any atom is 0.161 e. The van der Waals surface area contributed by atoms with Gasteiger partial charge in [-0.3, -0.25) is 5.41 Å². The number of nitrogens with one attached hydrogen (secondary N) is 1. The minimum atomic E-state index is 0.0311. The molecule has 1 aliphatic rings. The summed E-state index contributed by atoms with van der Waals surface area (Å²) in [6, 6.07) is 3.64. The first kappa shape index (κ1) is 17.3. The zero-order chi connectivity index (χ0) is 17.4. The number of hydrogen-bond donors (Lipinski definition) is 2. The van der Waals surface area contributed by atoms with Gasteiger partial charge in [-0.2, -0.15) is 0 Å². The molecule has 0 amide bonds. The maximum atomic E-state index is 7.92. The molecule has 0 atom stereocenters. The maximum absolute atomic E-state index is 7.92. The first-order valence-electron chi connectivity index (χ1n) is 7.83. The van der Waals surface area contributed by atoms with Crippen LogP contribution >= 0.6 is 0 Å². The first-order valence-corrected chi connectivity index (χ1v) is 7.83. The van der Waals surface area contributed by atoms with Gasteiger partial charge in [-0.15, -0.1) is 0 Å². The van der Waals surface area contributed by atoms with E-state index in [-0.39, 0.29) is 16.7 Å². The van der Waals surface area contributed by atoms with Gasteiger partial charge in [0, 0.05) is 11.1 Å². The van der Waals surface area contributed by atoms with Crippen LogP contribution in [0.15, 0.2) is 17.1 Å². The van der Waals surface area contributed by atoms with Crippen LogP contribution in [-0.4, -0.2) is 24.9 Å². The third-order valence-electron chi connectivity index (χ3n) is 3.17. The normalized spacial score (nSPS) is 14.5. The van der Waals surface area contributed by atoms with E-state index in [0.29, 0.717) is 36.1 Å². The SMILES string of the molecule is CC(C)(C)COc1cc2c(cc1OCC(C)(C)C)C(N)=NC2=N. The smallest absolute Gasteiger partial charge is 0.161 e. The van der Waals surface area contributed by atoms with Gasteiger partial charge in [0.05, 0.1) is 13.2 Å². The minimum absolute atomic E-state index is 0.0311. The van der Waals surface area contributed by atoms with Crippen LogP contribution in [-0.2, 0) is 0 Å². The van der Waals surface area contributed by atoms with Gasteiger partial charge < -0.3 is 15.2 Å². The fourth-order valence-corrected chi connectivity index (χ4v) is 2.02. The van der Waals surface area contributed by atoms with Crippen molar-refractivity contribution in [1.82, 2.24) is 0 Å². The number of fused-ring (bicyclic) bond motifs is 1. The third-order valence-corrected chi connectivity index (χ3v) is 3.17. The molecular formula is C18H27N3O2. The molecule has 0 aromatic heterocycles.